The third-order valence-electron chi connectivity index (χ3n) is 3.66. The minimum absolute atomic E-state index is 0.789. The summed E-state index contributed by atoms with van der Waals surface area (Å²) in [6, 6.07) is 0.814. The predicted octanol–water partition coefficient (Wildman–Crippen LogP) is 1.72. The van der Waals surface area contributed by atoms with E-state index in [9.17, 15) is 0 Å². The fourth-order valence-electron chi connectivity index (χ4n) is 2.84. The number of fused-ring (bicyclic) bond motifs is 2. The first kappa shape index (κ1) is 10.4. The lowest BCUT2D eigenvalue weighted by atomic mass is 9.85. The maximum atomic E-state index is 3.75. The molecule has 0 aromatic rings. The van der Waals surface area contributed by atoms with Crippen molar-refractivity contribution in [3.63, 3.8) is 0 Å². The highest BCUT2D eigenvalue weighted by molar-refractivity contribution is 4.88. The Labute approximate surface area is 88.1 Å². The van der Waals surface area contributed by atoms with Gasteiger partial charge in [0.15, 0.2) is 0 Å². The van der Waals surface area contributed by atoms with Gasteiger partial charge in [0.2, 0.25) is 0 Å². The van der Waals surface area contributed by atoms with Gasteiger partial charge in [0.1, 0.15) is 0 Å². The minimum Gasteiger partial charge on any atom is -0.313 e. The molecule has 2 aliphatic rings. The van der Waals surface area contributed by atoms with E-state index in [1.165, 1.54) is 45.4 Å². The predicted molar refractivity (Wildman–Crippen MR) is 60.4 cm³/mol. The van der Waals surface area contributed by atoms with Crippen LogP contribution in [0.2, 0.25) is 0 Å². The van der Waals surface area contributed by atoms with Crippen LogP contribution in [0.15, 0.2) is 0 Å². The molecule has 2 bridgehead atoms. The summed E-state index contributed by atoms with van der Waals surface area (Å²) < 4.78 is 0. The molecule has 2 fully saturated rings. The highest BCUT2D eigenvalue weighted by Crippen LogP contribution is 2.26. The third kappa shape index (κ3) is 2.48. The molecule has 14 heavy (non-hydrogen) atoms. The summed E-state index contributed by atoms with van der Waals surface area (Å²) in [6.45, 7) is 9.82. The molecule has 2 nitrogen and oxygen atoms in total. The Bertz CT molecular complexity index is 179. The molecular weight excluding hydrogens is 172 g/mol. The molecule has 0 aromatic carbocycles. The summed E-state index contributed by atoms with van der Waals surface area (Å²) in [5, 5.41) is 3.75. The van der Waals surface area contributed by atoms with Crippen molar-refractivity contribution >= 4 is 0 Å². The second-order valence-corrected chi connectivity index (χ2v) is 5.40. The van der Waals surface area contributed by atoms with E-state index in [0.717, 1.165) is 17.9 Å². The Hall–Kier alpha value is -0.0800. The highest BCUT2D eigenvalue weighted by Gasteiger charge is 2.31. The minimum atomic E-state index is 0.789. The zero-order chi connectivity index (χ0) is 9.97. The molecule has 0 saturated carbocycles. The van der Waals surface area contributed by atoms with E-state index in [0.29, 0.717) is 0 Å². The lowest BCUT2D eigenvalue weighted by Crippen LogP contribution is -2.52. The van der Waals surface area contributed by atoms with Crippen LogP contribution in [0, 0.1) is 11.8 Å². The number of nitrogens with one attached hydrogen (secondary N) is 1. The fraction of sp³-hybridized carbons (Fsp3) is 1.00. The first-order valence-corrected chi connectivity index (χ1v) is 6.21. The van der Waals surface area contributed by atoms with Crippen LogP contribution in [0.1, 0.15) is 33.1 Å². The molecule has 0 amide bonds. The monoisotopic (exact) mass is 196 g/mol. The van der Waals surface area contributed by atoms with E-state index in [1.54, 1.807) is 0 Å². The maximum absolute atomic E-state index is 3.75. The Kier molecular flexibility index (Phi) is 3.45. The summed E-state index contributed by atoms with van der Waals surface area (Å²) in [5.41, 5.74) is 0. The zero-order valence-corrected chi connectivity index (χ0v) is 9.63. The van der Waals surface area contributed by atoms with Gasteiger partial charge in [-0.1, -0.05) is 13.8 Å². The first-order chi connectivity index (χ1) is 6.75. The van der Waals surface area contributed by atoms with Gasteiger partial charge >= 0.3 is 0 Å². The summed E-state index contributed by atoms with van der Waals surface area (Å²) >= 11 is 0. The van der Waals surface area contributed by atoms with Crippen molar-refractivity contribution in [2.75, 3.05) is 26.2 Å². The molecule has 2 heterocycles. The average Bonchev–Trinajstić information content (AvgIpc) is 2.17. The molecule has 0 radical (unpaired) electrons. The Balaban J connectivity index is 1.80. The van der Waals surface area contributed by atoms with Crippen molar-refractivity contribution in [3.05, 3.63) is 0 Å². The van der Waals surface area contributed by atoms with E-state index in [4.69, 9.17) is 0 Å². The topological polar surface area (TPSA) is 15.3 Å². The number of hydrogen-bond donors (Lipinski definition) is 1. The second-order valence-electron chi connectivity index (χ2n) is 5.40. The number of hydrogen-bond acceptors (Lipinski definition) is 2. The van der Waals surface area contributed by atoms with Gasteiger partial charge in [0, 0.05) is 12.6 Å². The summed E-state index contributed by atoms with van der Waals surface area (Å²) in [5.74, 6) is 1.73. The summed E-state index contributed by atoms with van der Waals surface area (Å²) in [7, 11) is 0. The largest absolute Gasteiger partial charge is 0.313 e. The highest BCUT2D eigenvalue weighted by atomic mass is 15.2. The van der Waals surface area contributed by atoms with Crippen LogP contribution in [0.5, 0.6) is 0 Å². The third-order valence-corrected chi connectivity index (χ3v) is 3.66. The van der Waals surface area contributed by atoms with Gasteiger partial charge < -0.3 is 10.2 Å². The van der Waals surface area contributed by atoms with Gasteiger partial charge in [-0.05, 0) is 50.7 Å². The van der Waals surface area contributed by atoms with Crippen LogP contribution in [0.25, 0.3) is 0 Å². The quantitative estimate of drug-likeness (QED) is 0.739. The van der Waals surface area contributed by atoms with Gasteiger partial charge in [-0.15, -0.1) is 0 Å². The van der Waals surface area contributed by atoms with Crippen molar-refractivity contribution < 1.29 is 0 Å². The molecule has 82 valence electrons. The van der Waals surface area contributed by atoms with Crippen molar-refractivity contribution in [3.8, 4) is 0 Å². The number of rotatable bonds is 3. The van der Waals surface area contributed by atoms with Crippen molar-refractivity contribution in [1.82, 2.24) is 10.2 Å². The van der Waals surface area contributed by atoms with E-state index in [1.807, 2.05) is 0 Å². The average molecular weight is 196 g/mol. The smallest absolute Gasteiger partial charge is 0.0120 e. The second kappa shape index (κ2) is 4.63. The number of piperidine rings is 2. The first-order valence-electron chi connectivity index (χ1n) is 6.21. The summed E-state index contributed by atoms with van der Waals surface area (Å²) in [4.78, 5) is 2.64. The van der Waals surface area contributed by atoms with Crippen molar-refractivity contribution in [1.29, 1.82) is 0 Å². The van der Waals surface area contributed by atoms with E-state index < -0.39 is 0 Å². The van der Waals surface area contributed by atoms with Crippen LogP contribution in [-0.4, -0.2) is 37.1 Å². The molecule has 0 spiro atoms. The standard InChI is InChI=1S/C12H24N2/c1-10(2)8-13-12-5-7-14-6-3-4-11(12)9-14/h10-13H,3-9H2,1-2H3. The Morgan fingerprint density at radius 3 is 2.93 bits per heavy atom. The molecule has 0 aromatic heterocycles. The van der Waals surface area contributed by atoms with Gasteiger partial charge in [-0.3, -0.25) is 0 Å². The zero-order valence-electron chi connectivity index (χ0n) is 9.63. The van der Waals surface area contributed by atoms with E-state index in [2.05, 4.69) is 24.1 Å². The Morgan fingerprint density at radius 1 is 1.29 bits per heavy atom. The van der Waals surface area contributed by atoms with Crippen LogP contribution in [0.4, 0.5) is 0 Å². The van der Waals surface area contributed by atoms with E-state index in [-0.39, 0.29) is 0 Å². The molecule has 1 N–H and O–H groups in total. The lowest BCUT2D eigenvalue weighted by molar-refractivity contribution is 0.0909. The fourth-order valence-corrected chi connectivity index (χ4v) is 2.84. The van der Waals surface area contributed by atoms with Gasteiger partial charge in [0.25, 0.3) is 0 Å². The molecule has 2 saturated heterocycles. The molecule has 3 unspecified atom stereocenters. The maximum Gasteiger partial charge on any atom is 0.0120 e. The van der Waals surface area contributed by atoms with E-state index >= 15 is 0 Å². The molecule has 3 atom stereocenters. The molecule has 2 aliphatic heterocycles. The molecular formula is C12H24N2. The normalized spacial score (nSPS) is 37.5. The summed E-state index contributed by atoms with van der Waals surface area (Å²) in [6.07, 6.45) is 4.24. The van der Waals surface area contributed by atoms with Gasteiger partial charge in [0.05, 0.1) is 0 Å². The van der Waals surface area contributed by atoms with Crippen LogP contribution in [-0.2, 0) is 0 Å². The Morgan fingerprint density at radius 2 is 2.14 bits per heavy atom. The molecule has 0 aliphatic carbocycles. The van der Waals surface area contributed by atoms with Gasteiger partial charge in [-0.2, -0.15) is 0 Å². The number of nitrogens with zero attached hydrogens (tertiary/aromatic N) is 1. The van der Waals surface area contributed by atoms with Crippen molar-refractivity contribution in [2.24, 2.45) is 11.8 Å². The molecule has 2 rings (SSSR count). The van der Waals surface area contributed by atoms with Crippen molar-refractivity contribution in [2.45, 2.75) is 39.2 Å². The molecule has 2 heteroatoms. The van der Waals surface area contributed by atoms with Gasteiger partial charge in [-0.25, -0.2) is 0 Å². The lowest BCUT2D eigenvalue weighted by Gasteiger charge is -2.43. The van der Waals surface area contributed by atoms with Crippen LogP contribution < -0.4 is 5.32 Å². The van der Waals surface area contributed by atoms with Crippen LogP contribution >= 0.6 is 0 Å². The van der Waals surface area contributed by atoms with Crippen LogP contribution in [0.3, 0.4) is 0 Å². The SMILES string of the molecule is CC(C)CNC1CCN2CCCC1C2.